The minimum absolute atomic E-state index is 0.00465. The Morgan fingerprint density at radius 3 is 2.82 bits per heavy atom. The van der Waals surface area contributed by atoms with Gasteiger partial charge in [0.1, 0.15) is 5.82 Å². The molecule has 1 aromatic carbocycles. The Balaban J connectivity index is 2.47. The first-order chi connectivity index (χ1) is 8.13. The zero-order chi connectivity index (χ0) is 12.4. The van der Waals surface area contributed by atoms with Crippen molar-refractivity contribution in [3.05, 3.63) is 47.0 Å². The Kier molecular flexibility index (Phi) is 3.50. The van der Waals surface area contributed by atoms with Crippen molar-refractivity contribution in [2.45, 2.75) is 26.3 Å². The molecule has 1 atom stereocenters. The van der Waals surface area contributed by atoms with E-state index in [1.54, 1.807) is 6.20 Å². The molecule has 1 aromatic heterocycles. The molecule has 17 heavy (non-hydrogen) atoms. The van der Waals surface area contributed by atoms with Crippen LogP contribution in [-0.2, 0) is 6.42 Å². The van der Waals surface area contributed by atoms with Gasteiger partial charge in [-0.25, -0.2) is 4.98 Å². The molecule has 0 amide bonds. The van der Waals surface area contributed by atoms with Crippen molar-refractivity contribution < 1.29 is 0 Å². The van der Waals surface area contributed by atoms with E-state index in [9.17, 15) is 0 Å². The molecule has 0 unspecified atom stereocenters. The van der Waals surface area contributed by atoms with Gasteiger partial charge in [-0.3, -0.25) is 0 Å². The summed E-state index contributed by atoms with van der Waals surface area (Å²) in [6.07, 6.45) is 4.58. The maximum atomic E-state index is 6.29. The Labute approximate surface area is 106 Å². The number of hydrogen-bond donors (Lipinski definition) is 1. The summed E-state index contributed by atoms with van der Waals surface area (Å²) in [5.41, 5.74) is 7.82. The Bertz CT molecular complexity index is 517. The molecule has 90 valence electrons. The molecule has 4 heteroatoms. The molecule has 1 heterocycles. The third-order valence-electron chi connectivity index (χ3n) is 2.79. The van der Waals surface area contributed by atoms with E-state index in [0.29, 0.717) is 5.02 Å². The summed E-state index contributed by atoms with van der Waals surface area (Å²) >= 11 is 6.29. The third kappa shape index (κ3) is 2.35. The van der Waals surface area contributed by atoms with Crippen LogP contribution in [0.1, 0.15) is 31.3 Å². The second kappa shape index (κ2) is 4.90. The highest BCUT2D eigenvalue weighted by Gasteiger charge is 2.09. The van der Waals surface area contributed by atoms with Crippen LogP contribution in [0.5, 0.6) is 0 Å². The summed E-state index contributed by atoms with van der Waals surface area (Å²) in [6.45, 7) is 4.02. The van der Waals surface area contributed by atoms with Crippen LogP contribution < -0.4 is 5.73 Å². The van der Waals surface area contributed by atoms with E-state index in [0.717, 1.165) is 23.5 Å². The Morgan fingerprint density at radius 1 is 1.47 bits per heavy atom. The average molecular weight is 250 g/mol. The van der Waals surface area contributed by atoms with Gasteiger partial charge in [-0.2, -0.15) is 0 Å². The maximum Gasteiger partial charge on any atom is 0.112 e. The largest absolute Gasteiger partial charge is 0.324 e. The van der Waals surface area contributed by atoms with Crippen LogP contribution in [0, 0.1) is 0 Å². The highest BCUT2D eigenvalue weighted by atomic mass is 35.5. The summed E-state index contributed by atoms with van der Waals surface area (Å²) in [5, 5.41) is 0.701. The number of halogens is 1. The minimum atomic E-state index is -0.00465. The number of aryl methyl sites for hydroxylation is 1. The lowest BCUT2D eigenvalue weighted by Gasteiger charge is -2.12. The number of imidazole rings is 1. The van der Waals surface area contributed by atoms with Gasteiger partial charge in [0.05, 0.1) is 10.7 Å². The first-order valence-electron chi connectivity index (χ1n) is 5.71. The van der Waals surface area contributed by atoms with Gasteiger partial charge in [0.2, 0.25) is 0 Å². The van der Waals surface area contributed by atoms with Gasteiger partial charge in [0.25, 0.3) is 0 Å². The van der Waals surface area contributed by atoms with Crippen molar-refractivity contribution in [2.24, 2.45) is 5.73 Å². The molecule has 0 saturated heterocycles. The summed E-state index contributed by atoms with van der Waals surface area (Å²) in [5.74, 6) is 1.00. The molecule has 0 aliphatic heterocycles. The van der Waals surface area contributed by atoms with E-state index in [1.165, 1.54) is 0 Å². The van der Waals surface area contributed by atoms with Crippen molar-refractivity contribution in [1.82, 2.24) is 9.55 Å². The fourth-order valence-electron chi connectivity index (χ4n) is 1.82. The number of nitrogens with zero attached hydrogens (tertiary/aromatic N) is 2. The normalized spacial score (nSPS) is 12.7. The quantitative estimate of drug-likeness (QED) is 0.908. The number of nitrogens with two attached hydrogens (primary N) is 1. The van der Waals surface area contributed by atoms with Gasteiger partial charge in [0.15, 0.2) is 0 Å². The van der Waals surface area contributed by atoms with Crippen LogP contribution in [0.3, 0.4) is 0 Å². The molecule has 0 saturated carbocycles. The van der Waals surface area contributed by atoms with E-state index >= 15 is 0 Å². The molecule has 0 bridgehead atoms. The fraction of sp³-hybridized carbons (Fsp3) is 0.308. The van der Waals surface area contributed by atoms with Gasteiger partial charge in [-0.1, -0.05) is 24.6 Å². The lowest BCUT2D eigenvalue weighted by molar-refractivity contribution is 0.816. The molecular weight excluding hydrogens is 234 g/mol. The molecule has 0 aliphatic rings. The third-order valence-corrected chi connectivity index (χ3v) is 3.09. The first-order valence-corrected chi connectivity index (χ1v) is 6.09. The predicted octanol–water partition coefficient (Wildman–Crippen LogP) is 3.11. The van der Waals surface area contributed by atoms with E-state index in [2.05, 4.69) is 11.9 Å². The van der Waals surface area contributed by atoms with Crippen molar-refractivity contribution in [1.29, 1.82) is 0 Å². The number of aromatic nitrogens is 2. The van der Waals surface area contributed by atoms with Crippen LogP contribution in [0.4, 0.5) is 0 Å². The molecule has 2 aromatic rings. The molecule has 2 rings (SSSR count). The van der Waals surface area contributed by atoms with Crippen LogP contribution >= 0.6 is 11.6 Å². The molecule has 2 N–H and O–H groups in total. The number of hydrogen-bond acceptors (Lipinski definition) is 2. The van der Waals surface area contributed by atoms with E-state index in [1.807, 2.05) is 35.9 Å². The first kappa shape index (κ1) is 12.1. The molecule has 0 radical (unpaired) electrons. The Hall–Kier alpha value is -1.32. The second-order valence-corrected chi connectivity index (χ2v) is 4.47. The highest BCUT2D eigenvalue weighted by molar-refractivity contribution is 6.32. The summed E-state index contributed by atoms with van der Waals surface area (Å²) in [7, 11) is 0. The van der Waals surface area contributed by atoms with Gasteiger partial charge in [0, 0.05) is 24.9 Å². The van der Waals surface area contributed by atoms with E-state index in [-0.39, 0.29) is 6.04 Å². The summed E-state index contributed by atoms with van der Waals surface area (Å²) in [4.78, 5) is 4.29. The van der Waals surface area contributed by atoms with Gasteiger partial charge >= 0.3 is 0 Å². The molecule has 0 fully saturated rings. The topological polar surface area (TPSA) is 43.8 Å². The monoisotopic (exact) mass is 249 g/mol. The lowest BCUT2D eigenvalue weighted by Crippen LogP contribution is -2.06. The molecular formula is C13H16ClN3. The second-order valence-electron chi connectivity index (χ2n) is 4.07. The molecule has 0 spiro atoms. The van der Waals surface area contributed by atoms with Crippen molar-refractivity contribution in [2.75, 3.05) is 0 Å². The van der Waals surface area contributed by atoms with Crippen LogP contribution in [0.2, 0.25) is 5.02 Å². The fourth-order valence-corrected chi connectivity index (χ4v) is 2.10. The lowest BCUT2D eigenvalue weighted by atomic mass is 10.1. The number of benzene rings is 1. The van der Waals surface area contributed by atoms with E-state index < -0.39 is 0 Å². The SMILES string of the molecule is CCc1nccn1-c1ccc([C@H](C)N)cc1Cl. The summed E-state index contributed by atoms with van der Waals surface area (Å²) < 4.78 is 2.01. The van der Waals surface area contributed by atoms with Crippen LogP contribution in [0.25, 0.3) is 5.69 Å². The predicted molar refractivity (Wildman–Crippen MR) is 70.6 cm³/mol. The van der Waals surface area contributed by atoms with Crippen LogP contribution in [0.15, 0.2) is 30.6 Å². The van der Waals surface area contributed by atoms with Crippen LogP contribution in [-0.4, -0.2) is 9.55 Å². The Morgan fingerprint density at radius 2 is 2.24 bits per heavy atom. The zero-order valence-electron chi connectivity index (χ0n) is 10.0. The van der Waals surface area contributed by atoms with E-state index in [4.69, 9.17) is 17.3 Å². The molecule has 3 nitrogen and oxygen atoms in total. The minimum Gasteiger partial charge on any atom is -0.324 e. The highest BCUT2D eigenvalue weighted by Crippen LogP contribution is 2.25. The zero-order valence-corrected chi connectivity index (χ0v) is 10.8. The van der Waals surface area contributed by atoms with Gasteiger partial charge in [-0.15, -0.1) is 0 Å². The summed E-state index contributed by atoms with van der Waals surface area (Å²) in [6, 6.07) is 5.91. The maximum absolute atomic E-state index is 6.29. The smallest absolute Gasteiger partial charge is 0.112 e. The van der Waals surface area contributed by atoms with Gasteiger partial charge in [-0.05, 0) is 24.6 Å². The average Bonchev–Trinajstić information content (AvgIpc) is 2.76. The number of rotatable bonds is 3. The van der Waals surface area contributed by atoms with Crippen molar-refractivity contribution in [3.8, 4) is 5.69 Å². The van der Waals surface area contributed by atoms with Crippen molar-refractivity contribution in [3.63, 3.8) is 0 Å². The van der Waals surface area contributed by atoms with Crippen molar-refractivity contribution >= 4 is 11.6 Å². The van der Waals surface area contributed by atoms with Gasteiger partial charge < -0.3 is 10.3 Å². The standard InChI is InChI=1S/C13H16ClN3/c1-3-13-16-6-7-17(13)12-5-4-10(9(2)15)8-11(12)14/h4-9H,3,15H2,1-2H3/t9-/m0/s1. The molecule has 0 aliphatic carbocycles.